The molecule has 38 heavy (non-hydrogen) atoms. The molecule has 3 aromatic rings. The fourth-order valence-electron chi connectivity index (χ4n) is 4.17. The standard InChI is InChI=1S/C23H23N5O8S2/c1-10(29)33-8-13-17(34-11(2)30)18(35-12(3)31)21(36-13)28-9-24-16-19(28)25-22(26-20(16)32)27-23-37-14-6-4-5-7-15(14)38-23/h4-7,9,13,17-18,21,23H,8H2,1-3H3,(H2,25,26,27,32)/t13-,17-,18-,21-/m1/s1. The number of thioether (sulfide) groups is 2. The van der Waals surface area contributed by atoms with Crippen LogP contribution in [0.2, 0.25) is 0 Å². The van der Waals surface area contributed by atoms with Gasteiger partial charge in [-0.3, -0.25) is 28.7 Å². The molecule has 200 valence electrons. The molecule has 4 atom stereocenters. The lowest BCUT2D eigenvalue weighted by atomic mass is 10.1. The summed E-state index contributed by atoms with van der Waals surface area (Å²) in [6, 6.07) is 7.94. The van der Waals surface area contributed by atoms with Crippen LogP contribution in [0.15, 0.2) is 45.2 Å². The fraction of sp³-hybridized carbons (Fsp3) is 0.391. The summed E-state index contributed by atoms with van der Waals surface area (Å²) < 4.78 is 23.3. The Kier molecular flexibility index (Phi) is 7.32. The summed E-state index contributed by atoms with van der Waals surface area (Å²) in [4.78, 5) is 61.7. The van der Waals surface area contributed by atoms with Gasteiger partial charge in [-0.15, -0.1) is 0 Å². The molecule has 4 heterocycles. The highest BCUT2D eigenvalue weighted by atomic mass is 32.2. The lowest BCUT2D eigenvalue weighted by molar-refractivity contribution is -0.166. The summed E-state index contributed by atoms with van der Waals surface area (Å²) in [5.41, 5.74) is -0.307. The second-order valence-electron chi connectivity index (χ2n) is 8.41. The van der Waals surface area contributed by atoms with Crippen LogP contribution in [-0.4, -0.2) is 67.1 Å². The van der Waals surface area contributed by atoms with Crippen LogP contribution >= 0.6 is 23.5 Å². The zero-order valence-electron chi connectivity index (χ0n) is 20.4. The van der Waals surface area contributed by atoms with Crippen molar-refractivity contribution in [3.63, 3.8) is 0 Å². The van der Waals surface area contributed by atoms with E-state index in [2.05, 4.69) is 20.3 Å². The molecule has 1 saturated heterocycles. The highest BCUT2D eigenvalue weighted by Gasteiger charge is 2.51. The second-order valence-corrected chi connectivity index (χ2v) is 11.0. The molecule has 2 N–H and O–H groups in total. The van der Waals surface area contributed by atoms with E-state index in [4.69, 9.17) is 18.9 Å². The number of hydrogen-bond acceptors (Lipinski definition) is 13. The van der Waals surface area contributed by atoms with E-state index in [-0.39, 0.29) is 28.4 Å². The quantitative estimate of drug-likeness (QED) is 0.318. The number of hydrogen-bond donors (Lipinski definition) is 2. The van der Waals surface area contributed by atoms with Crippen molar-refractivity contribution in [3.05, 3.63) is 40.9 Å². The number of benzene rings is 1. The molecular weight excluding hydrogens is 538 g/mol. The fourth-order valence-corrected chi connectivity index (χ4v) is 6.76. The van der Waals surface area contributed by atoms with Gasteiger partial charge in [-0.05, 0) is 12.1 Å². The number of carbonyl (C=O) groups excluding carboxylic acids is 3. The zero-order valence-corrected chi connectivity index (χ0v) is 22.0. The van der Waals surface area contributed by atoms with Gasteiger partial charge in [0.1, 0.15) is 17.4 Å². The number of rotatable bonds is 7. The number of nitrogens with zero attached hydrogens (tertiary/aromatic N) is 3. The Morgan fingerprint density at radius 3 is 2.34 bits per heavy atom. The van der Waals surface area contributed by atoms with E-state index in [9.17, 15) is 19.2 Å². The van der Waals surface area contributed by atoms with Crippen molar-refractivity contribution >= 4 is 58.5 Å². The molecule has 0 unspecified atom stereocenters. The van der Waals surface area contributed by atoms with Gasteiger partial charge in [0.15, 0.2) is 29.6 Å². The molecule has 0 radical (unpaired) electrons. The number of ether oxygens (including phenoxy) is 4. The smallest absolute Gasteiger partial charge is 0.303 e. The molecule has 1 fully saturated rings. The number of aromatic amines is 1. The first-order chi connectivity index (χ1) is 18.2. The molecular formula is C23H23N5O8S2. The highest BCUT2D eigenvalue weighted by molar-refractivity contribution is 8.19. The lowest BCUT2D eigenvalue weighted by Crippen LogP contribution is -2.40. The van der Waals surface area contributed by atoms with Crippen LogP contribution in [0.1, 0.15) is 27.0 Å². The average molecular weight is 562 g/mol. The monoisotopic (exact) mass is 561 g/mol. The molecule has 13 nitrogen and oxygen atoms in total. The van der Waals surface area contributed by atoms with Crippen molar-refractivity contribution < 1.29 is 33.3 Å². The third kappa shape index (κ3) is 5.35. The first-order valence-corrected chi connectivity index (χ1v) is 13.2. The topological polar surface area (TPSA) is 164 Å². The van der Waals surface area contributed by atoms with Gasteiger partial charge in [-0.25, -0.2) is 4.98 Å². The summed E-state index contributed by atoms with van der Waals surface area (Å²) >= 11 is 3.18. The van der Waals surface area contributed by atoms with Gasteiger partial charge in [-0.1, -0.05) is 35.7 Å². The molecule has 2 aromatic heterocycles. The van der Waals surface area contributed by atoms with Crippen molar-refractivity contribution in [2.24, 2.45) is 0 Å². The Morgan fingerprint density at radius 2 is 1.71 bits per heavy atom. The molecule has 15 heteroatoms. The number of aromatic nitrogens is 4. The second kappa shape index (κ2) is 10.7. The Morgan fingerprint density at radius 1 is 1.05 bits per heavy atom. The summed E-state index contributed by atoms with van der Waals surface area (Å²) in [6.07, 6.45) is -2.95. The van der Waals surface area contributed by atoms with Crippen LogP contribution in [0.25, 0.3) is 11.2 Å². The van der Waals surface area contributed by atoms with Gasteiger partial charge < -0.3 is 24.3 Å². The number of carbonyl (C=O) groups is 3. The Balaban J connectivity index is 1.47. The Labute approximate surface area is 224 Å². The average Bonchev–Trinajstić information content (AvgIpc) is 3.53. The minimum atomic E-state index is -1.14. The van der Waals surface area contributed by atoms with E-state index in [0.717, 1.165) is 9.79 Å². The predicted molar refractivity (Wildman–Crippen MR) is 135 cm³/mol. The van der Waals surface area contributed by atoms with Crippen molar-refractivity contribution in [2.45, 2.75) is 59.8 Å². The van der Waals surface area contributed by atoms with Crippen molar-refractivity contribution in [1.82, 2.24) is 19.5 Å². The zero-order chi connectivity index (χ0) is 27.0. The third-order valence-electron chi connectivity index (χ3n) is 5.62. The highest BCUT2D eigenvalue weighted by Crippen LogP contribution is 2.47. The molecule has 0 spiro atoms. The maximum absolute atomic E-state index is 12.9. The Bertz CT molecular complexity index is 1430. The number of H-pyrrole nitrogens is 1. The maximum Gasteiger partial charge on any atom is 0.303 e. The largest absolute Gasteiger partial charge is 0.463 e. The summed E-state index contributed by atoms with van der Waals surface area (Å²) in [5, 5.41) is 3.21. The Hall–Kier alpha value is -3.56. The molecule has 0 bridgehead atoms. The van der Waals surface area contributed by atoms with Crippen LogP contribution in [0.4, 0.5) is 5.95 Å². The first kappa shape index (κ1) is 26.1. The van der Waals surface area contributed by atoms with E-state index in [0.29, 0.717) is 0 Å². The molecule has 2 aliphatic heterocycles. The number of fused-ring (bicyclic) bond motifs is 2. The van der Waals surface area contributed by atoms with Gasteiger partial charge in [0.2, 0.25) is 5.95 Å². The summed E-state index contributed by atoms with van der Waals surface area (Å²) in [7, 11) is 0. The normalized spacial score (nSPS) is 22.7. The van der Waals surface area contributed by atoms with E-state index >= 15 is 0 Å². The van der Waals surface area contributed by atoms with Crippen LogP contribution in [0.5, 0.6) is 0 Å². The SMILES string of the molecule is CC(=O)OC[C@H]1O[C@@H](n2cnc3c(=O)[nH]c(NC4Sc5ccccc5S4)nc32)[C@H](OC(C)=O)[C@@H]1OC(C)=O. The van der Waals surface area contributed by atoms with E-state index in [1.807, 2.05) is 24.3 Å². The lowest BCUT2D eigenvalue weighted by Gasteiger charge is -2.23. The summed E-state index contributed by atoms with van der Waals surface area (Å²) in [5.74, 6) is -1.66. The molecule has 1 aromatic carbocycles. The van der Waals surface area contributed by atoms with Gasteiger partial charge in [0.05, 0.1) is 6.33 Å². The van der Waals surface area contributed by atoms with Crippen LogP contribution in [0.3, 0.4) is 0 Å². The summed E-state index contributed by atoms with van der Waals surface area (Å²) in [6.45, 7) is 3.37. The van der Waals surface area contributed by atoms with Crippen LogP contribution < -0.4 is 10.9 Å². The van der Waals surface area contributed by atoms with Crippen LogP contribution in [-0.2, 0) is 33.3 Å². The van der Waals surface area contributed by atoms with E-state index < -0.39 is 48.0 Å². The predicted octanol–water partition coefficient (Wildman–Crippen LogP) is 2.04. The molecule has 0 aliphatic carbocycles. The number of imidazole rings is 1. The molecule has 0 saturated carbocycles. The maximum atomic E-state index is 12.9. The van der Waals surface area contributed by atoms with Gasteiger partial charge in [0.25, 0.3) is 5.56 Å². The van der Waals surface area contributed by atoms with E-state index in [1.54, 1.807) is 23.5 Å². The van der Waals surface area contributed by atoms with E-state index in [1.165, 1.54) is 31.7 Å². The van der Waals surface area contributed by atoms with Gasteiger partial charge >= 0.3 is 17.9 Å². The number of anilines is 1. The van der Waals surface area contributed by atoms with Gasteiger partial charge in [0, 0.05) is 30.6 Å². The first-order valence-electron chi connectivity index (χ1n) is 11.5. The van der Waals surface area contributed by atoms with Crippen LogP contribution in [0, 0.1) is 0 Å². The minimum absolute atomic E-state index is 0.0308. The van der Waals surface area contributed by atoms with Gasteiger partial charge in [-0.2, -0.15) is 4.98 Å². The number of nitrogens with one attached hydrogen (secondary N) is 2. The van der Waals surface area contributed by atoms with Crippen molar-refractivity contribution in [1.29, 1.82) is 0 Å². The minimum Gasteiger partial charge on any atom is -0.463 e. The molecule has 5 rings (SSSR count). The molecule has 0 amide bonds. The van der Waals surface area contributed by atoms with Crippen molar-refractivity contribution in [2.75, 3.05) is 11.9 Å². The third-order valence-corrected chi connectivity index (χ3v) is 8.21. The molecule has 2 aliphatic rings. The van der Waals surface area contributed by atoms with Crippen molar-refractivity contribution in [3.8, 4) is 0 Å². The number of esters is 3.